The lowest BCUT2D eigenvalue weighted by Crippen LogP contribution is -2.13. The molecule has 1 N–H and O–H groups in total. The molecule has 2 aromatic carbocycles. The van der Waals surface area contributed by atoms with E-state index >= 15 is 0 Å². The predicted octanol–water partition coefficient (Wildman–Crippen LogP) is 7.03. The summed E-state index contributed by atoms with van der Waals surface area (Å²) in [5.74, 6) is 0. The van der Waals surface area contributed by atoms with Gasteiger partial charge in [-0.3, -0.25) is 4.21 Å². The summed E-state index contributed by atoms with van der Waals surface area (Å²) in [4.78, 5) is 0.810. The number of benzene rings is 2. The Bertz CT molecular complexity index is 1150. The fraction of sp³-hybridized carbons (Fsp3) is 0.222. The number of halogens is 1. The third-order valence-electron chi connectivity index (χ3n) is 4.71. The Balaban J connectivity index is 0.00000122. The maximum atomic E-state index is 11.7. The second-order valence-electron chi connectivity index (χ2n) is 7.38. The maximum absolute atomic E-state index is 11.7. The topological polar surface area (TPSA) is 46.9 Å². The molecule has 33 heavy (non-hydrogen) atoms. The van der Waals surface area contributed by atoms with E-state index in [1.54, 1.807) is 12.3 Å². The van der Waals surface area contributed by atoms with Crippen LogP contribution in [0.15, 0.2) is 84.6 Å². The Morgan fingerprint density at radius 1 is 1.21 bits per heavy atom. The van der Waals surface area contributed by atoms with Gasteiger partial charge in [0.15, 0.2) is 0 Å². The average Bonchev–Trinajstić information content (AvgIpc) is 3.23. The third kappa shape index (κ3) is 7.04. The number of nitrogens with one attached hydrogen (secondary N) is 1. The molecule has 0 saturated heterocycles. The smallest absolute Gasteiger partial charge is 0.0741 e. The molecular weight excluding hydrogens is 450 g/mol. The van der Waals surface area contributed by atoms with Gasteiger partial charge in [0.05, 0.1) is 17.6 Å². The Labute approximate surface area is 205 Å². The van der Waals surface area contributed by atoms with Gasteiger partial charge < -0.3 is 5.32 Å². The van der Waals surface area contributed by atoms with E-state index in [0.29, 0.717) is 11.6 Å². The molecule has 0 aliphatic rings. The minimum absolute atomic E-state index is 0.579. The Morgan fingerprint density at radius 3 is 2.45 bits per heavy atom. The minimum Gasteiger partial charge on any atom is -0.381 e. The van der Waals surface area contributed by atoms with E-state index in [9.17, 15) is 4.21 Å². The average molecular weight is 482 g/mol. The molecule has 6 heteroatoms. The van der Waals surface area contributed by atoms with Gasteiger partial charge in [-0.2, -0.15) is 5.10 Å². The van der Waals surface area contributed by atoms with Crippen LogP contribution in [0.5, 0.6) is 0 Å². The van der Waals surface area contributed by atoms with Gasteiger partial charge in [-0.15, -0.1) is 0 Å². The zero-order valence-corrected chi connectivity index (χ0v) is 21.3. The van der Waals surface area contributed by atoms with E-state index in [2.05, 4.69) is 37.4 Å². The Kier molecular flexibility index (Phi) is 10.4. The Morgan fingerprint density at radius 2 is 1.88 bits per heavy atom. The van der Waals surface area contributed by atoms with Crippen molar-refractivity contribution in [3.63, 3.8) is 0 Å². The Hall–Kier alpha value is -2.89. The highest BCUT2D eigenvalue weighted by molar-refractivity contribution is 7.84. The first-order valence-corrected chi connectivity index (χ1v) is 12.8. The van der Waals surface area contributed by atoms with Crippen molar-refractivity contribution < 1.29 is 4.21 Å². The van der Waals surface area contributed by atoms with Gasteiger partial charge in [-0.05, 0) is 55.0 Å². The van der Waals surface area contributed by atoms with Crippen LogP contribution in [0.2, 0.25) is 5.02 Å². The second kappa shape index (κ2) is 13.0. The molecule has 3 rings (SSSR count). The van der Waals surface area contributed by atoms with Crippen LogP contribution >= 0.6 is 11.6 Å². The van der Waals surface area contributed by atoms with Gasteiger partial charge in [0.25, 0.3) is 0 Å². The molecular formula is C27H32ClN3OS. The van der Waals surface area contributed by atoms with Crippen molar-refractivity contribution in [1.82, 2.24) is 15.1 Å². The molecule has 0 amide bonds. The molecule has 0 spiro atoms. The minimum atomic E-state index is -1.01. The number of hydrogen-bond acceptors (Lipinski definition) is 3. The van der Waals surface area contributed by atoms with Gasteiger partial charge in [0, 0.05) is 50.4 Å². The SMILES string of the molecule is C=Cc1c(/C(=C\C)C(=C)NCc2cccc(S(C)=O)c2)cnn1-c1ccc(Cl)cc1.CCC. The summed E-state index contributed by atoms with van der Waals surface area (Å²) in [5.41, 5.74) is 5.47. The molecule has 0 radical (unpaired) electrons. The summed E-state index contributed by atoms with van der Waals surface area (Å²) < 4.78 is 13.6. The van der Waals surface area contributed by atoms with Crippen LogP contribution in [0.25, 0.3) is 17.3 Å². The number of hydrogen-bond donors (Lipinski definition) is 1. The van der Waals surface area contributed by atoms with Crippen molar-refractivity contribution in [1.29, 1.82) is 0 Å². The summed E-state index contributed by atoms with van der Waals surface area (Å²) >= 11 is 6.01. The van der Waals surface area contributed by atoms with E-state index in [-0.39, 0.29) is 0 Å². The van der Waals surface area contributed by atoms with Crippen LogP contribution in [0.4, 0.5) is 0 Å². The van der Waals surface area contributed by atoms with E-state index < -0.39 is 10.8 Å². The van der Waals surface area contributed by atoms with E-state index in [1.165, 1.54) is 6.42 Å². The van der Waals surface area contributed by atoms with Crippen LogP contribution in [0.1, 0.15) is 44.0 Å². The summed E-state index contributed by atoms with van der Waals surface area (Å²) in [6, 6.07) is 15.2. The lowest BCUT2D eigenvalue weighted by atomic mass is 10.0. The number of rotatable bonds is 8. The quantitative estimate of drug-likeness (QED) is 0.351. The van der Waals surface area contributed by atoms with Crippen molar-refractivity contribution in [2.24, 2.45) is 0 Å². The lowest BCUT2D eigenvalue weighted by Gasteiger charge is -2.14. The fourth-order valence-corrected chi connectivity index (χ4v) is 3.89. The number of aromatic nitrogens is 2. The molecule has 0 saturated carbocycles. The van der Waals surface area contributed by atoms with Crippen LogP contribution in [0.3, 0.4) is 0 Å². The standard InChI is InChI=1S/C24H24ClN3OS.C3H8/c1-5-22(17(3)26-15-18-8-7-9-21(14-18)30(4)29)23-16-27-28(24(23)6-2)20-12-10-19(25)11-13-20;1-3-2/h5-14,16,26H,2-3,15H2,1,4H3;3H2,1-2H3/b22-5-;. The van der Waals surface area contributed by atoms with E-state index in [1.807, 2.05) is 72.4 Å². The van der Waals surface area contributed by atoms with Crippen molar-refractivity contribution in [2.75, 3.05) is 6.26 Å². The molecule has 174 valence electrons. The van der Waals surface area contributed by atoms with Crippen molar-refractivity contribution in [3.05, 3.63) is 102 Å². The second-order valence-corrected chi connectivity index (χ2v) is 9.20. The number of allylic oxidation sites excluding steroid dienone is 2. The first kappa shape index (κ1) is 26.4. The van der Waals surface area contributed by atoms with Crippen molar-refractivity contribution in [3.8, 4) is 5.69 Å². The normalized spacial score (nSPS) is 11.8. The van der Waals surface area contributed by atoms with Gasteiger partial charge in [0.2, 0.25) is 0 Å². The summed E-state index contributed by atoms with van der Waals surface area (Å²) in [6.45, 7) is 15.0. The molecule has 1 aromatic heterocycles. The van der Waals surface area contributed by atoms with E-state index in [0.717, 1.165) is 38.7 Å². The van der Waals surface area contributed by atoms with Gasteiger partial charge in [-0.1, -0.05) is 63.2 Å². The molecule has 0 bridgehead atoms. The predicted molar refractivity (Wildman–Crippen MR) is 143 cm³/mol. The maximum Gasteiger partial charge on any atom is 0.0741 e. The molecule has 3 aromatic rings. The van der Waals surface area contributed by atoms with Crippen LogP contribution < -0.4 is 5.32 Å². The number of nitrogens with zero attached hydrogens (tertiary/aromatic N) is 2. The third-order valence-corrected chi connectivity index (χ3v) is 5.88. The highest BCUT2D eigenvalue weighted by atomic mass is 35.5. The van der Waals surface area contributed by atoms with Crippen molar-refractivity contribution >= 4 is 34.0 Å². The molecule has 0 fully saturated rings. The summed E-state index contributed by atoms with van der Waals surface area (Å²) in [7, 11) is -1.01. The summed E-state index contributed by atoms with van der Waals surface area (Å²) in [6.07, 6.45) is 8.53. The monoisotopic (exact) mass is 481 g/mol. The highest BCUT2D eigenvalue weighted by Gasteiger charge is 2.15. The first-order chi connectivity index (χ1) is 15.9. The zero-order valence-electron chi connectivity index (χ0n) is 19.8. The van der Waals surface area contributed by atoms with Gasteiger partial charge in [-0.25, -0.2) is 4.68 Å². The molecule has 1 heterocycles. The molecule has 1 atom stereocenters. The van der Waals surface area contributed by atoms with Crippen LogP contribution in [0, 0.1) is 0 Å². The van der Waals surface area contributed by atoms with Crippen LogP contribution in [-0.2, 0) is 17.3 Å². The lowest BCUT2D eigenvalue weighted by molar-refractivity contribution is 0.686. The molecule has 4 nitrogen and oxygen atoms in total. The largest absolute Gasteiger partial charge is 0.381 e. The molecule has 0 aliphatic carbocycles. The van der Waals surface area contributed by atoms with Crippen molar-refractivity contribution in [2.45, 2.75) is 38.6 Å². The molecule has 0 aliphatic heterocycles. The van der Waals surface area contributed by atoms with E-state index in [4.69, 9.17) is 11.6 Å². The zero-order chi connectivity index (χ0) is 24.4. The van der Waals surface area contributed by atoms with Gasteiger partial charge in [0.1, 0.15) is 0 Å². The first-order valence-electron chi connectivity index (χ1n) is 10.8. The fourth-order valence-electron chi connectivity index (χ4n) is 3.18. The van der Waals surface area contributed by atoms with Gasteiger partial charge >= 0.3 is 0 Å². The van der Waals surface area contributed by atoms with Crippen LogP contribution in [-0.4, -0.2) is 20.2 Å². The molecule has 1 unspecified atom stereocenters. The highest BCUT2D eigenvalue weighted by Crippen LogP contribution is 2.27. The summed E-state index contributed by atoms with van der Waals surface area (Å²) in [5, 5.41) is 8.59.